The van der Waals surface area contributed by atoms with Crippen LogP contribution in [0.1, 0.15) is 126 Å². The summed E-state index contributed by atoms with van der Waals surface area (Å²) in [4.78, 5) is 2.35. The second-order valence-corrected chi connectivity index (χ2v) is 18.0. The lowest BCUT2D eigenvalue weighted by molar-refractivity contribution is 0.409. The zero-order valence-electron chi connectivity index (χ0n) is 25.2. The second kappa shape index (κ2) is 10.1. The molecular weight excluding hydrogens is 480 g/mol. The van der Waals surface area contributed by atoms with Crippen molar-refractivity contribution in [1.29, 1.82) is 0 Å². The van der Waals surface area contributed by atoms with E-state index in [4.69, 9.17) is 0 Å². The van der Waals surface area contributed by atoms with E-state index in [0.29, 0.717) is 11.5 Å². The van der Waals surface area contributed by atoms with Crippen LogP contribution in [0.15, 0.2) is 34.1 Å². The van der Waals surface area contributed by atoms with Gasteiger partial charge < -0.3 is 10.2 Å². The molecule has 4 heteroatoms. The molecule has 0 aromatic heterocycles. The molecule has 0 saturated carbocycles. The zero-order chi connectivity index (χ0) is 28.1. The first-order chi connectivity index (χ1) is 16.0. The summed E-state index contributed by atoms with van der Waals surface area (Å²) in [6, 6.07) is 8.70. The van der Waals surface area contributed by atoms with Crippen LogP contribution in [-0.4, -0.2) is 14.3 Å². The smallest absolute Gasteiger partial charge is 0.123 e. The van der Waals surface area contributed by atoms with Crippen LogP contribution < -0.4 is 0 Å². The molecular formula is C32H50O2S2. The van der Waals surface area contributed by atoms with Gasteiger partial charge in [-0.2, -0.15) is 0 Å². The Labute approximate surface area is 230 Å². The fourth-order valence-corrected chi connectivity index (χ4v) is 6.93. The number of hydrogen-bond donors (Lipinski definition) is 2. The minimum atomic E-state index is -0.166. The largest absolute Gasteiger partial charge is 0.507 e. The first kappa shape index (κ1) is 31.0. The van der Waals surface area contributed by atoms with Gasteiger partial charge in [0.25, 0.3) is 0 Å². The first-order valence-corrected chi connectivity index (χ1v) is 14.8. The van der Waals surface area contributed by atoms with E-state index >= 15 is 0 Å². The SMILES string of the molecule is CCC(C)(C)c1cc(SC(C)(C)Sc2cc(C(C)(C)C)c(O)c(C(C)(C)C)c2)cc(C(C)(C)C)c1O. The number of benzene rings is 2. The summed E-state index contributed by atoms with van der Waals surface area (Å²) in [6.07, 6.45) is 0.953. The highest BCUT2D eigenvalue weighted by Crippen LogP contribution is 2.51. The predicted molar refractivity (Wildman–Crippen MR) is 161 cm³/mol. The summed E-state index contributed by atoms with van der Waals surface area (Å²) in [7, 11) is 0. The van der Waals surface area contributed by atoms with Gasteiger partial charge in [-0.15, -0.1) is 23.5 Å². The van der Waals surface area contributed by atoms with Crippen molar-refractivity contribution in [3.05, 3.63) is 46.5 Å². The van der Waals surface area contributed by atoms with Crippen LogP contribution in [0.4, 0.5) is 0 Å². The van der Waals surface area contributed by atoms with Crippen LogP contribution >= 0.6 is 23.5 Å². The van der Waals surface area contributed by atoms with Gasteiger partial charge in [-0.25, -0.2) is 0 Å². The molecule has 0 atom stereocenters. The van der Waals surface area contributed by atoms with Crippen LogP contribution in [0.25, 0.3) is 0 Å². The summed E-state index contributed by atoms with van der Waals surface area (Å²) >= 11 is 3.68. The minimum absolute atomic E-state index is 0.113. The van der Waals surface area contributed by atoms with E-state index in [9.17, 15) is 10.2 Å². The molecule has 0 aliphatic carbocycles. The highest BCUT2D eigenvalue weighted by molar-refractivity contribution is 8.18. The maximum atomic E-state index is 11.3. The standard InChI is InChI=1S/C32H50O2S2/c1-15-31(11,12)25-19-21(18-24(27(25)34)30(8,9)10)36-32(13,14)35-20-16-22(28(2,3)4)26(33)23(17-20)29(5,6)7/h16-19,33-34H,15H2,1-14H3. The highest BCUT2D eigenvalue weighted by Gasteiger charge is 2.32. The van der Waals surface area contributed by atoms with E-state index in [0.717, 1.165) is 28.7 Å². The molecule has 0 heterocycles. The lowest BCUT2D eigenvalue weighted by Crippen LogP contribution is -2.20. The van der Waals surface area contributed by atoms with Crippen molar-refractivity contribution in [2.45, 2.75) is 139 Å². The Morgan fingerprint density at radius 2 is 0.806 bits per heavy atom. The fourth-order valence-electron chi connectivity index (χ4n) is 4.34. The van der Waals surface area contributed by atoms with Gasteiger partial charge in [-0.1, -0.05) is 83.1 Å². The Kier molecular flexibility index (Phi) is 8.72. The van der Waals surface area contributed by atoms with Gasteiger partial charge in [-0.3, -0.25) is 0 Å². The monoisotopic (exact) mass is 530 g/mol. The molecule has 2 nitrogen and oxygen atoms in total. The summed E-state index contributed by atoms with van der Waals surface area (Å²) in [5, 5.41) is 22.4. The van der Waals surface area contributed by atoms with Gasteiger partial charge in [0, 0.05) is 32.0 Å². The Balaban J connectivity index is 2.58. The molecule has 0 fully saturated rings. The van der Waals surface area contributed by atoms with Crippen molar-refractivity contribution >= 4 is 23.5 Å². The lowest BCUT2D eigenvalue weighted by Gasteiger charge is -2.32. The van der Waals surface area contributed by atoms with E-state index in [2.05, 4.69) is 121 Å². The molecule has 0 unspecified atom stereocenters. The van der Waals surface area contributed by atoms with Crippen molar-refractivity contribution in [2.24, 2.45) is 0 Å². The molecule has 0 aliphatic rings. The van der Waals surface area contributed by atoms with Crippen LogP contribution in [0.2, 0.25) is 0 Å². The summed E-state index contributed by atoms with van der Waals surface area (Å²) < 4.78 is -0.166. The average molecular weight is 531 g/mol. The van der Waals surface area contributed by atoms with Crippen molar-refractivity contribution < 1.29 is 10.2 Å². The van der Waals surface area contributed by atoms with Gasteiger partial charge in [0.05, 0.1) is 4.08 Å². The summed E-state index contributed by atoms with van der Waals surface area (Å²) in [6.45, 7) is 30.6. The zero-order valence-corrected chi connectivity index (χ0v) is 26.9. The number of phenolic OH excluding ortho intramolecular Hbond substituents is 2. The van der Waals surface area contributed by atoms with Gasteiger partial charge in [0.15, 0.2) is 0 Å². The molecule has 202 valence electrons. The van der Waals surface area contributed by atoms with Crippen molar-refractivity contribution in [3.8, 4) is 11.5 Å². The molecule has 36 heavy (non-hydrogen) atoms. The van der Waals surface area contributed by atoms with E-state index in [1.807, 2.05) is 23.5 Å². The third-order valence-corrected chi connectivity index (χ3v) is 9.36. The normalized spacial score (nSPS) is 13.8. The third kappa shape index (κ3) is 7.19. The van der Waals surface area contributed by atoms with Crippen molar-refractivity contribution in [3.63, 3.8) is 0 Å². The average Bonchev–Trinajstić information content (AvgIpc) is 2.67. The van der Waals surface area contributed by atoms with Crippen LogP contribution in [0, 0.1) is 0 Å². The second-order valence-electron chi connectivity index (χ2n) is 14.3. The molecule has 0 radical (unpaired) electrons. The lowest BCUT2D eigenvalue weighted by atomic mass is 9.77. The van der Waals surface area contributed by atoms with Crippen LogP contribution in [-0.2, 0) is 21.7 Å². The summed E-state index contributed by atoms with van der Waals surface area (Å²) in [5.74, 6) is 0.858. The van der Waals surface area contributed by atoms with Crippen LogP contribution in [0.3, 0.4) is 0 Å². The molecule has 0 saturated heterocycles. The molecule has 0 bridgehead atoms. The Morgan fingerprint density at radius 3 is 1.08 bits per heavy atom. The molecule has 2 rings (SSSR count). The molecule has 2 N–H and O–H groups in total. The molecule has 0 spiro atoms. The number of rotatable bonds is 6. The van der Waals surface area contributed by atoms with Crippen LogP contribution in [0.5, 0.6) is 11.5 Å². The van der Waals surface area contributed by atoms with Crippen molar-refractivity contribution in [2.75, 3.05) is 0 Å². The molecule has 0 aliphatic heterocycles. The maximum Gasteiger partial charge on any atom is 0.123 e. The van der Waals surface area contributed by atoms with Gasteiger partial charge in [0.2, 0.25) is 0 Å². The predicted octanol–water partition coefficient (Wildman–Crippen LogP) is 10.3. The molecule has 2 aromatic rings. The quantitative estimate of drug-likeness (QED) is 0.288. The Morgan fingerprint density at radius 1 is 0.528 bits per heavy atom. The topological polar surface area (TPSA) is 40.5 Å². The molecule has 0 amide bonds. The number of hydrogen-bond acceptors (Lipinski definition) is 4. The number of phenols is 2. The van der Waals surface area contributed by atoms with E-state index < -0.39 is 0 Å². The van der Waals surface area contributed by atoms with E-state index in [-0.39, 0.29) is 25.7 Å². The molecule has 2 aromatic carbocycles. The maximum absolute atomic E-state index is 11.3. The Bertz CT molecular complexity index is 1060. The van der Waals surface area contributed by atoms with Gasteiger partial charge in [0.1, 0.15) is 11.5 Å². The summed E-state index contributed by atoms with van der Waals surface area (Å²) in [5.41, 5.74) is 3.42. The Hall–Kier alpha value is -1.26. The fraction of sp³-hybridized carbons (Fsp3) is 0.625. The van der Waals surface area contributed by atoms with E-state index in [1.165, 1.54) is 9.79 Å². The third-order valence-electron chi connectivity index (χ3n) is 6.93. The van der Waals surface area contributed by atoms with Gasteiger partial charge >= 0.3 is 0 Å². The number of aromatic hydroxyl groups is 2. The first-order valence-electron chi connectivity index (χ1n) is 13.1. The highest BCUT2D eigenvalue weighted by atomic mass is 32.2. The minimum Gasteiger partial charge on any atom is -0.507 e. The van der Waals surface area contributed by atoms with Crippen molar-refractivity contribution in [1.82, 2.24) is 0 Å². The van der Waals surface area contributed by atoms with Gasteiger partial charge in [-0.05, 0) is 66.2 Å². The number of thioether (sulfide) groups is 2. The van der Waals surface area contributed by atoms with E-state index in [1.54, 1.807) is 0 Å².